The maximum atomic E-state index is 10.7. The number of imidazole rings is 1. The van der Waals surface area contributed by atoms with Crippen molar-refractivity contribution in [3.63, 3.8) is 0 Å². The first-order valence-electron chi connectivity index (χ1n) is 5.84. The minimum absolute atomic E-state index is 0.102. The molecule has 3 rings (SSSR count). The van der Waals surface area contributed by atoms with Crippen LogP contribution in [0.3, 0.4) is 0 Å². The van der Waals surface area contributed by atoms with Gasteiger partial charge in [-0.2, -0.15) is 0 Å². The van der Waals surface area contributed by atoms with Gasteiger partial charge in [-0.1, -0.05) is 12.1 Å². The van der Waals surface area contributed by atoms with Gasteiger partial charge >= 0.3 is 0 Å². The standard InChI is InChI=1S/C14H11N3O2/c1-10-8-11(17(18)19)6-7-13(10)16-9-15-12-4-2-3-5-14(12)16/h2-9H,1H3. The first-order chi connectivity index (χ1) is 9.16. The van der Waals surface area contributed by atoms with E-state index < -0.39 is 0 Å². The molecule has 0 amide bonds. The molecular weight excluding hydrogens is 242 g/mol. The molecule has 94 valence electrons. The topological polar surface area (TPSA) is 61.0 Å². The van der Waals surface area contributed by atoms with Crippen molar-refractivity contribution in [3.8, 4) is 5.69 Å². The number of nitrogens with zero attached hydrogens (tertiary/aromatic N) is 3. The summed E-state index contributed by atoms with van der Waals surface area (Å²) in [5.41, 5.74) is 3.74. The van der Waals surface area contributed by atoms with Gasteiger partial charge in [0.1, 0.15) is 6.33 Å². The summed E-state index contributed by atoms with van der Waals surface area (Å²) < 4.78 is 1.94. The summed E-state index contributed by atoms with van der Waals surface area (Å²) in [6, 6.07) is 12.6. The Morgan fingerprint density at radius 1 is 1.21 bits per heavy atom. The van der Waals surface area contributed by atoms with E-state index >= 15 is 0 Å². The number of aromatic nitrogens is 2. The third kappa shape index (κ3) is 1.85. The van der Waals surface area contributed by atoms with Gasteiger partial charge in [0.05, 0.1) is 21.6 Å². The van der Waals surface area contributed by atoms with E-state index in [0.29, 0.717) is 0 Å². The molecule has 0 fully saturated rings. The van der Waals surface area contributed by atoms with Crippen molar-refractivity contribution in [2.45, 2.75) is 6.92 Å². The number of aryl methyl sites for hydroxylation is 1. The number of benzene rings is 2. The highest BCUT2D eigenvalue weighted by Gasteiger charge is 2.11. The first kappa shape index (κ1) is 11.4. The first-order valence-corrected chi connectivity index (χ1v) is 5.84. The van der Waals surface area contributed by atoms with Gasteiger partial charge in [-0.15, -0.1) is 0 Å². The molecular formula is C14H11N3O2. The molecule has 3 aromatic rings. The Morgan fingerprint density at radius 3 is 2.74 bits per heavy atom. The second-order valence-electron chi connectivity index (χ2n) is 4.33. The Morgan fingerprint density at radius 2 is 2.00 bits per heavy atom. The van der Waals surface area contributed by atoms with Gasteiger partial charge in [-0.25, -0.2) is 4.98 Å². The second-order valence-corrected chi connectivity index (χ2v) is 4.33. The van der Waals surface area contributed by atoms with Crippen LogP contribution in [0.5, 0.6) is 0 Å². The third-order valence-electron chi connectivity index (χ3n) is 3.10. The van der Waals surface area contributed by atoms with Crippen molar-refractivity contribution in [2.24, 2.45) is 0 Å². The zero-order valence-corrected chi connectivity index (χ0v) is 10.3. The maximum Gasteiger partial charge on any atom is 0.269 e. The van der Waals surface area contributed by atoms with Crippen molar-refractivity contribution < 1.29 is 4.92 Å². The molecule has 1 aromatic heterocycles. The molecule has 0 unspecified atom stereocenters. The van der Waals surface area contributed by atoms with Gasteiger partial charge in [0.15, 0.2) is 0 Å². The molecule has 0 aliphatic carbocycles. The van der Waals surface area contributed by atoms with Crippen molar-refractivity contribution >= 4 is 16.7 Å². The molecule has 5 nitrogen and oxygen atoms in total. The summed E-state index contributed by atoms with van der Waals surface area (Å²) in [7, 11) is 0. The SMILES string of the molecule is Cc1cc([N+](=O)[O-])ccc1-n1cnc2ccccc21. The average molecular weight is 253 g/mol. The van der Waals surface area contributed by atoms with Crippen molar-refractivity contribution in [2.75, 3.05) is 0 Å². The molecule has 0 aliphatic rings. The highest BCUT2D eigenvalue weighted by atomic mass is 16.6. The summed E-state index contributed by atoms with van der Waals surface area (Å²) in [6.45, 7) is 1.86. The smallest absolute Gasteiger partial charge is 0.269 e. The van der Waals surface area contributed by atoms with Crippen molar-refractivity contribution in [1.29, 1.82) is 0 Å². The van der Waals surface area contributed by atoms with Gasteiger partial charge < -0.3 is 0 Å². The predicted octanol–water partition coefficient (Wildman–Crippen LogP) is 3.24. The van der Waals surface area contributed by atoms with Gasteiger partial charge in [0.25, 0.3) is 5.69 Å². The minimum atomic E-state index is -0.386. The lowest BCUT2D eigenvalue weighted by Gasteiger charge is -2.07. The molecule has 0 N–H and O–H groups in total. The Labute approximate surface area is 109 Å². The third-order valence-corrected chi connectivity index (χ3v) is 3.10. The molecule has 0 saturated heterocycles. The molecule has 0 atom stereocenters. The summed E-state index contributed by atoms with van der Waals surface area (Å²) >= 11 is 0. The minimum Gasteiger partial charge on any atom is -0.299 e. The number of nitro benzene ring substituents is 1. The van der Waals surface area contributed by atoms with Crippen LogP contribution in [0.15, 0.2) is 48.8 Å². The lowest BCUT2D eigenvalue weighted by Crippen LogP contribution is -1.97. The molecule has 0 spiro atoms. The van der Waals surface area contributed by atoms with Crippen LogP contribution in [-0.2, 0) is 0 Å². The lowest BCUT2D eigenvalue weighted by molar-refractivity contribution is -0.384. The number of rotatable bonds is 2. The van der Waals surface area contributed by atoms with Crippen LogP contribution in [0.1, 0.15) is 5.56 Å². The molecule has 5 heteroatoms. The molecule has 0 radical (unpaired) electrons. The summed E-state index contributed by atoms with van der Waals surface area (Å²) in [5.74, 6) is 0. The maximum absolute atomic E-state index is 10.7. The Balaban J connectivity index is 2.19. The number of nitro groups is 1. The second kappa shape index (κ2) is 4.20. The van der Waals surface area contributed by atoms with E-state index in [1.165, 1.54) is 6.07 Å². The predicted molar refractivity (Wildman–Crippen MR) is 72.5 cm³/mol. The molecule has 0 bridgehead atoms. The van der Waals surface area contributed by atoms with Crippen LogP contribution in [0.25, 0.3) is 16.7 Å². The molecule has 19 heavy (non-hydrogen) atoms. The number of hydrogen-bond acceptors (Lipinski definition) is 3. The zero-order valence-electron chi connectivity index (χ0n) is 10.3. The van der Waals surface area contributed by atoms with E-state index in [1.54, 1.807) is 18.5 Å². The van der Waals surface area contributed by atoms with Crippen LogP contribution in [0.2, 0.25) is 0 Å². The molecule has 0 saturated carbocycles. The average Bonchev–Trinajstić information content (AvgIpc) is 2.82. The van der Waals surface area contributed by atoms with Gasteiger partial charge in [-0.05, 0) is 30.7 Å². The normalized spacial score (nSPS) is 10.8. The molecule has 2 aromatic carbocycles. The van der Waals surface area contributed by atoms with E-state index in [9.17, 15) is 10.1 Å². The number of para-hydroxylation sites is 2. The Kier molecular flexibility index (Phi) is 2.52. The summed E-state index contributed by atoms with van der Waals surface area (Å²) in [5, 5.41) is 10.7. The van der Waals surface area contributed by atoms with Gasteiger partial charge in [-0.3, -0.25) is 14.7 Å². The fourth-order valence-corrected chi connectivity index (χ4v) is 2.17. The molecule has 1 heterocycles. The van der Waals surface area contributed by atoms with Crippen LogP contribution in [0, 0.1) is 17.0 Å². The Hall–Kier alpha value is -2.69. The Bertz CT molecular complexity index is 777. The van der Waals surface area contributed by atoms with Crippen LogP contribution < -0.4 is 0 Å². The van der Waals surface area contributed by atoms with Crippen LogP contribution in [0.4, 0.5) is 5.69 Å². The summed E-state index contributed by atoms with van der Waals surface area (Å²) in [6.07, 6.45) is 1.73. The van der Waals surface area contributed by atoms with Gasteiger partial charge in [0.2, 0.25) is 0 Å². The zero-order chi connectivity index (χ0) is 13.4. The molecule has 0 aliphatic heterocycles. The number of non-ortho nitro benzene ring substituents is 1. The van der Waals surface area contributed by atoms with Crippen molar-refractivity contribution in [1.82, 2.24) is 9.55 Å². The number of hydrogen-bond donors (Lipinski definition) is 0. The monoisotopic (exact) mass is 253 g/mol. The highest BCUT2D eigenvalue weighted by molar-refractivity contribution is 5.77. The largest absolute Gasteiger partial charge is 0.299 e. The van der Waals surface area contributed by atoms with Crippen LogP contribution in [-0.4, -0.2) is 14.5 Å². The fourth-order valence-electron chi connectivity index (χ4n) is 2.17. The number of fused-ring (bicyclic) bond motifs is 1. The van der Waals surface area contributed by atoms with E-state index in [1.807, 2.05) is 35.8 Å². The summed E-state index contributed by atoms with van der Waals surface area (Å²) in [4.78, 5) is 14.7. The van der Waals surface area contributed by atoms with Gasteiger partial charge in [0, 0.05) is 12.1 Å². The highest BCUT2D eigenvalue weighted by Crippen LogP contribution is 2.23. The lowest BCUT2D eigenvalue weighted by atomic mass is 10.1. The van der Waals surface area contributed by atoms with Crippen molar-refractivity contribution in [3.05, 3.63) is 64.5 Å². The van der Waals surface area contributed by atoms with E-state index in [-0.39, 0.29) is 10.6 Å². The van der Waals surface area contributed by atoms with E-state index in [0.717, 1.165) is 22.3 Å². The van der Waals surface area contributed by atoms with E-state index in [2.05, 4.69) is 4.98 Å². The van der Waals surface area contributed by atoms with Crippen LogP contribution >= 0.6 is 0 Å². The van der Waals surface area contributed by atoms with E-state index in [4.69, 9.17) is 0 Å². The fraction of sp³-hybridized carbons (Fsp3) is 0.0714. The quantitative estimate of drug-likeness (QED) is 0.520.